The number of nitrogen functional groups attached to an aromatic ring is 1. The molecule has 0 saturated heterocycles. The van der Waals surface area contributed by atoms with E-state index in [1.807, 2.05) is 42.4 Å². The van der Waals surface area contributed by atoms with Crippen molar-refractivity contribution in [2.75, 3.05) is 23.2 Å². The zero-order valence-corrected chi connectivity index (χ0v) is 16.4. The Morgan fingerprint density at radius 3 is 2.08 bits per heavy atom. The Morgan fingerprint density at radius 2 is 1.56 bits per heavy atom. The molecule has 0 heterocycles. The lowest BCUT2D eigenvalue weighted by atomic mass is 9.80. The van der Waals surface area contributed by atoms with Gasteiger partial charge in [-0.05, 0) is 34.6 Å². The molecule has 0 bridgehead atoms. The Labute approximate surface area is 151 Å². The Kier molecular flexibility index (Phi) is 4.94. The van der Waals surface area contributed by atoms with Gasteiger partial charge in [-0.1, -0.05) is 59.7 Å². The second kappa shape index (κ2) is 6.51. The molecule has 0 aliphatic rings. The molecule has 2 rings (SSSR count). The van der Waals surface area contributed by atoms with Crippen LogP contribution in [0.4, 0.5) is 17.1 Å². The monoisotopic (exact) mass is 341 g/mol. The number of phenols is 1. The quantitative estimate of drug-likeness (QED) is 0.416. The first kappa shape index (κ1) is 19.0. The fourth-order valence-electron chi connectivity index (χ4n) is 2.76. The maximum absolute atomic E-state index is 10.9. The number of nitrogens with one attached hydrogen (secondary N) is 1. The van der Waals surface area contributed by atoms with Crippen LogP contribution in [-0.2, 0) is 10.8 Å². The summed E-state index contributed by atoms with van der Waals surface area (Å²) >= 11 is 0. The summed E-state index contributed by atoms with van der Waals surface area (Å²) in [5.41, 5.74) is 13.5. The second-order valence-electron chi connectivity index (χ2n) is 8.65. The molecular weight excluding hydrogens is 310 g/mol. The summed E-state index contributed by atoms with van der Waals surface area (Å²) in [6.07, 6.45) is 0. The van der Waals surface area contributed by atoms with E-state index in [2.05, 4.69) is 53.0 Å². The molecule has 4 heteroatoms. The summed E-state index contributed by atoms with van der Waals surface area (Å²) in [6.45, 7) is 12.9. The van der Waals surface area contributed by atoms with Gasteiger partial charge in [-0.3, -0.25) is 10.4 Å². The molecule has 0 radical (unpaired) electrons. The highest BCUT2D eigenvalue weighted by Gasteiger charge is 2.25. The first-order valence-corrected chi connectivity index (χ1v) is 8.64. The topological polar surface area (TPSA) is 61.5 Å². The Bertz CT molecular complexity index is 755. The van der Waals surface area contributed by atoms with Gasteiger partial charge >= 0.3 is 0 Å². The van der Waals surface area contributed by atoms with Crippen LogP contribution in [0.5, 0.6) is 5.75 Å². The van der Waals surface area contributed by atoms with Gasteiger partial charge in [-0.2, -0.15) is 0 Å². The normalized spacial score (nSPS) is 12.1. The van der Waals surface area contributed by atoms with Crippen molar-refractivity contribution in [1.82, 2.24) is 0 Å². The Balaban J connectivity index is 2.51. The van der Waals surface area contributed by atoms with Gasteiger partial charge in [0.2, 0.25) is 0 Å². The number of rotatable bonds is 3. The number of benzene rings is 2. The van der Waals surface area contributed by atoms with Gasteiger partial charge in [0.25, 0.3) is 0 Å². The van der Waals surface area contributed by atoms with Crippen molar-refractivity contribution in [2.45, 2.75) is 52.4 Å². The largest absolute Gasteiger partial charge is 0.505 e. The van der Waals surface area contributed by atoms with Crippen LogP contribution >= 0.6 is 0 Å². The van der Waals surface area contributed by atoms with Crippen LogP contribution in [0.2, 0.25) is 0 Å². The van der Waals surface area contributed by atoms with Crippen molar-refractivity contribution in [3.8, 4) is 5.75 Å². The summed E-state index contributed by atoms with van der Waals surface area (Å²) < 4.78 is 0. The van der Waals surface area contributed by atoms with E-state index >= 15 is 0 Å². The highest BCUT2D eigenvalue weighted by Crippen LogP contribution is 2.40. The van der Waals surface area contributed by atoms with E-state index in [0.717, 1.165) is 11.3 Å². The lowest BCUT2D eigenvalue weighted by Crippen LogP contribution is -2.27. The van der Waals surface area contributed by atoms with E-state index in [0.29, 0.717) is 11.4 Å². The van der Waals surface area contributed by atoms with E-state index in [1.165, 1.54) is 5.56 Å². The number of nitrogens with two attached hydrogens (primary N) is 1. The number of hydrazine groups is 1. The Morgan fingerprint density at radius 1 is 0.960 bits per heavy atom. The van der Waals surface area contributed by atoms with Gasteiger partial charge in [0.15, 0.2) is 0 Å². The number of anilines is 3. The first-order chi connectivity index (χ1) is 11.4. The van der Waals surface area contributed by atoms with Crippen molar-refractivity contribution in [1.29, 1.82) is 0 Å². The van der Waals surface area contributed by atoms with Crippen molar-refractivity contribution in [3.63, 3.8) is 0 Å². The molecule has 0 spiro atoms. The third-order valence-corrected chi connectivity index (χ3v) is 4.37. The van der Waals surface area contributed by atoms with Crippen LogP contribution in [0.25, 0.3) is 0 Å². The number of nitrogens with zero attached hydrogens (tertiary/aromatic N) is 1. The van der Waals surface area contributed by atoms with Crippen molar-refractivity contribution >= 4 is 17.1 Å². The summed E-state index contributed by atoms with van der Waals surface area (Å²) in [5.74, 6) is 0.279. The molecule has 0 unspecified atom stereocenters. The van der Waals surface area contributed by atoms with E-state index in [9.17, 15) is 5.11 Å². The first-order valence-electron chi connectivity index (χ1n) is 8.64. The molecular formula is C21H31N3O. The van der Waals surface area contributed by atoms with Crippen LogP contribution in [0.3, 0.4) is 0 Å². The third kappa shape index (κ3) is 4.19. The maximum Gasteiger partial charge on any atom is 0.144 e. The van der Waals surface area contributed by atoms with E-state index < -0.39 is 0 Å². The molecule has 4 N–H and O–H groups in total. The molecule has 0 amide bonds. The van der Waals surface area contributed by atoms with Crippen LogP contribution in [0.15, 0.2) is 36.4 Å². The maximum atomic E-state index is 10.9. The minimum absolute atomic E-state index is 0.0194. The van der Waals surface area contributed by atoms with Crippen molar-refractivity contribution in [2.24, 2.45) is 0 Å². The molecule has 2 aromatic carbocycles. The lowest BCUT2D eigenvalue weighted by molar-refractivity contribution is 0.446. The van der Waals surface area contributed by atoms with Gasteiger partial charge in [-0.25, -0.2) is 0 Å². The summed E-state index contributed by atoms with van der Waals surface area (Å²) in [6, 6.07) is 11.8. The summed E-state index contributed by atoms with van der Waals surface area (Å²) in [4.78, 5) is 0. The van der Waals surface area contributed by atoms with E-state index in [4.69, 9.17) is 5.73 Å². The van der Waals surface area contributed by atoms with Crippen LogP contribution in [-0.4, -0.2) is 12.2 Å². The van der Waals surface area contributed by atoms with Crippen LogP contribution in [0.1, 0.15) is 52.7 Å². The summed E-state index contributed by atoms with van der Waals surface area (Å²) in [7, 11) is 1.89. The second-order valence-corrected chi connectivity index (χ2v) is 8.65. The van der Waals surface area contributed by atoms with Gasteiger partial charge in [0.1, 0.15) is 5.75 Å². The highest BCUT2D eigenvalue weighted by molar-refractivity contribution is 5.72. The number of phenolic OH excluding ortho intramolecular Hbond substituents is 1. The molecule has 25 heavy (non-hydrogen) atoms. The molecule has 0 fully saturated rings. The third-order valence-electron chi connectivity index (χ3n) is 4.37. The molecule has 136 valence electrons. The van der Waals surface area contributed by atoms with Gasteiger partial charge < -0.3 is 10.8 Å². The van der Waals surface area contributed by atoms with Crippen LogP contribution < -0.4 is 16.2 Å². The average molecular weight is 341 g/mol. The zero-order chi connectivity index (χ0) is 19.0. The standard InChI is InChI=1S/C21H31N3O/c1-20(2,3)14-12-15(21(4,5)6)19(25)17(13-14)23-24(7)18-11-9-8-10-16(18)22/h8-13,23,25H,22H2,1-7H3. The van der Waals surface area contributed by atoms with Crippen molar-refractivity contribution in [3.05, 3.63) is 47.5 Å². The predicted molar refractivity (Wildman–Crippen MR) is 108 cm³/mol. The van der Waals surface area contributed by atoms with Crippen LogP contribution in [0, 0.1) is 0 Å². The molecule has 0 aliphatic heterocycles. The van der Waals surface area contributed by atoms with Gasteiger partial charge in [0, 0.05) is 12.6 Å². The molecule has 0 aliphatic carbocycles. The minimum atomic E-state index is -0.161. The molecule has 4 nitrogen and oxygen atoms in total. The minimum Gasteiger partial charge on any atom is -0.505 e. The Hall–Kier alpha value is -2.36. The molecule has 0 atom stereocenters. The number of hydrogen-bond donors (Lipinski definition) is 3. The predicted octanol–water partition coefficient (Wildman–Crippen LogP) is 5.03. The zero-order valence-electron chi connectivity index (χ0n) is 16.4. The lowest BCUT2D eigenvalue weighted by Gasteiger charge is -2.30. The van der Waals surface area contributed by atoms with E-state index in [-0.39, 0.29) is 16.6 Å². The smallest absolute Gasteiger partial charge is 0.144 e. The SMILES string of the molecule is CN(Nc1cc(C(C)(C)C)cc(C(C)(C)C)c1O)c1ccccc1N. The fourth-order valence-corrected chi connectivity index (χ4v) is 2.76. The number of hydrogen-bond acceptors (Lipinski definition) is 4. The number of para-hydroxylation sites is 2. The molecule has 0 saturated carbocycles. The summed E-state index contributed by atoms with van der Waals surface area (Å²) in [5, 5.41) is 12.7. The molecule has 2 aromatic rings. The fraction of sp³-hybridized carbons (Fsp3) is 0.429. The van der Waals surface area contributed by atoms with Gasteiger partial charge in [0.05, 0.1) is 17.1 Å². The highest BCUT2D eigenvalue weighted by atomic mass is 16.3. The average Bonchev–Trinajstić information content (AvgIpc) is 2.47. The van der Waals surface area contributed by atoms with Gasteiger partial charge in [-0.15, -0.1) is 0 Å². The molecule has 0 aromatic heterocycles. The van der Waals surface area contributed by atoms with E-state index in [1.54, 1.807) is 0 Å². The van der Waals surface area contributed by atoms with Crippen molar-refractivity contribution < 1.29 is 5.11 Å². The number of aromatic hydroxyl groups is 1.